The van der Waals surface area contributed by atoms with Crippen LogP contribution in [0.4, 0.5) is 5.69 Å². The lowest BCUT2D eigenvalue weighted by Crippen LogP contribution is -2.58. The molecule has 3 atom stereocenters. The third-order valence-electron chi connectivity index (χ3n) is 6.86. The van der Waals surface area contributed by atoms with E-state index in [9.17, 15) is 9.59 Å². The molecule has 0 spiro atoms. The zero-order valence-corrected chi connectivity index (χ0v) is 16.8. The lowest BCUT2D eigenvalue weighted by Gasteiger charge is -2.43. The molecule has 3 aliphatic rings. The van der Waals surface area contributed by atoms with Crippen molar-refractivity contribution in [2.24, 2.45) is 11.7 Å². The highest BCUT2D eigenvalue weighted by Gasteiger charge is 2.42. The highest BCUT2D eigenvalue weighted by atomic mass is 16.2. The van der Waals surface area contributed by atoms with E-state index >= 15 is 0 Å². The van der Waals surface area contributed by atoms with Gasteiger partial charge in [-0.15, -0.1) is 0 Å². The summed E-state index contributed by atoms with van der Waals surface area (Å²) in [6, 6.07) is 9.83. The van der Waals surface area contributed by atoms with E-state index in [1.807, 2.05) is 47.1 Å². The van der Waals surface area contributed by atoms with Gasteiger partial charge in [0.1, 0.15) is 0 Å². The average molecular weight is 385 g/mol. The Balaban J connectivity index is 1.34. The number of rotatable bonds is 3. The molecule has 6 nitrogen and oxygen atoms in total. The summed E-state index contributed by atoms with van der Waals surface area (Å²) in [5.41, 5.74) is 7.03. The summed E-state index contributed by atoms with van der Waals surface area (Å²) in [5, 5.41) is 0. The zero-order chi connectivity index (χ0) is 19.7. The van der Waals surface area contributed by atoms with Crippen LogP contribution in [-0.2, 0) is 9.59 Å². The second kappa shape index (κ2) is 7.84. The van der Waals surface area contributed by atoms with E-state index < -0.39 is 0 Å². The molecule has 0 radical (unpaired) electrons. The van der Waals surface area contributed by atoms with Crippen molar-refractivity contribution in [3.05, 3.63) is 30.3 Å². The number of carbonyl (C=O) groups is 2. The van der Waals surface area contributed by atoms with E-state index in [4.69, 9.17) is 5.73 Å². The molecule has 4 rings (SSSR count). The number of benzene rings is 1. The molecule has 2 aliphatic heterocycles. The maximum absolute atomic E-state index is 13.1. The molecular formula is C22H32N4O2. The summed E-state index contributed by atoms with van der Waals surface area (Å²) in [6.45, 7) is 5.71. The van der Waals surface area contributed by atoms with Crippen molar-refractivity contribution in [3.8, 4) is 0 Å². The smallest absolute Gasteiger partial charge is 0.244 e. The van der Waals surface area contributed by atoms with Gasteiger partial charge in [-0.2, -0.15) is 0 Å². The summed E-state index contributed by atoms with van der Waals surface area (Å²) in [4.78, 5) is 32.1. The number of amides is 2. The van der Waals surface area contributed by atoms with Gasteiger partial charge in [0.05, 0.1) is 12.0 Å². The summed E-state index contributed by atoms with van der Waals surface area (Å²) >= 11 is 0. The zero-order valence-electron chi connectivity index (χ0n) is 16.8. The maximum Gasteiger partial charge on any atom is 0.244 e. The van der Waals surface area contributed by atoms with E-state index in [0.717, 1.165) is 57.4 Å². The summed E-state index contributed by atoms with van der Waals surface area (Å²) in [5.74, 6) is 0.343. The second-order valence-electron chi connectivity index (χ2n) is 8.80. The van der Waals surface area contributed by atoms with Crippen molar-refractivity contribution in [2.45, 2.75) is 50.6 Å². The highest BCUT2D eigenvalue weighted by Crippen LogP contribution is 2.33. The molecule has 2 saturated heterocycles. The molecule has 1 aromatic carbocycles. The largest absolute Gasteiger partial charge is 0.340 e. The minimum Gasteiger partial charge on any atom is -0.340 e. The van der Waals surface area contributed by atoms with Gasteiger partial charge in [0.15, 0.2) is 0 Å². The van der Waals surface area contributed by atoms with E-state index in [1.165, 1.54) is 0 Å². The fourth-order valence-electron chi connectivity index (χ4n) is 5.11. The van der Waals surface area contributed by atoms with Crippen LogP contribution in [0, 0.1) is 5.92 Å². The van der Waals surface area contributed by atoms with E-state index in [2.05, 4.69) is 4.90 Å². The number of carbonyl (C=O) groups excluding carboxylic acids is 2. The third kappa shape index (κ3) is 3.67. The van der Waals surface area contributed by atoms with Crippen LogP contribution >= 0.6 is 0 Å². The van der Waals surface area contributed by atoms with Gasteiger partial charge in [-0.3, -0.25) is 14.5 Å². The van der Waals surface area contributed by atoms with Crippen LogP contribution in [0.25, 0.3) is 0 Å². The molecule has 6 heteroatoms. The van der Waals surface area contributed by atoms with Crippen LogP contribution < -0.4 is 10.6 Å². The van der Waals surface area contributed by atoms with Crippen LogP contribution in [0.2, 0.25) is 0 Å². The highest BCUT2D eigenvalue weighted by molar-refractivity contribution is 5.99. The summed E-state index contributed by atoms with van der Waals surface area (Å²) in [7, 11) is 0. The van der Waals surface area contributed by atoms with Gasteiger partial charge in [-0.05, 0) is 38.3 Å². The Morgan fingerprint density at radius 3 is 2.43 bits per heavy atom. The van der Waals surface area contributed by atoms with E-state index in [-0.39, 0.29) is 29.3 Å². The van der Waals surface area contributed by atoms with Crippen LogP contribution in [0.15, 0.2) is 30.3 Å². The topological polar surface area (TPSA) is 69.9 Å². The normalized spacial score (nSPS) is 32.0. The molecule has 0 bridgehead atoms. The van der Waals surface area contributed by atoms with Crippen molar-refractivity contribution in [1.29, 1.82) is 0 Å². The standard InChI is InChI=1S/C22H32N4O2/c1-22(23)11-6-5-9-18(22)20(27)25-15-13-24(14-16-25)19-10-12-26(21(19)28)17-7-3-2-4-8-17/h2-4,7-8,18-19H,5-6,9-16,23H2,1H3. The fraction of sp³-hybridized carbons (Fsp3) is 0.636. The SMILES string of the molecule is CC1(N)CCCCC1C(=O)N1CCN(C2CCN(c3ccccc3)C2=O)CC1. The first-order valence-corrected chi connectivity index (χ1v) is 10.7. The summed E-state index contributed by atoms with van der Waals surface area (Å²) in [6.07, 6.45) is 4.89. The molecule has 152 valence electrons. The second-order valence-corrected chi connectivity index (χ2v) is 8.80. The van der Waals surface area contributed by atoms with Gasteiger partial charge >= 0.3 is 0 Å². The maximum atomic E-state index is 13.1. The Hall–Kier alpha value is -1.92. The third-order valence-corrected chi connectivity index (χ3v) is 6.86. The van der Waals surface area contributed by atoms with Gasteiger partial charge in [-0.25, -0.2) is 0 Å². The van der Waals surface area contributed by atoms with Gasteiger partial charge < -0.3 is 15.5 Å². The van der Waals surface area contributed by atoms with Crippen LogP contribution in [0.1, 0.15) is 39.0 Å². The average Bonchev–Trinajstić information content (AvgIpc) is 3.09. The van der Waals surface area contributed by atoms with Crippen LogP contribution in [-0.4, -0.2) is 65.9 Å². The molecule has 1 aromatic rings. The quantitative estimate of drug-likeness (QED) is 0.863. The number of piperazine rings is 1. The predicted molar refractivity (Wildman–Crippen MR) is 110 cm³/mol. The van der Waals surface area contributed by atoms with Crippen molar-refractivity contribution < 1.29 is 9.59 Å². The minimum absolute atomic E-state index is 0.0607. The number of anilines is 1. The first kappa shape index (κ1) is 19.4. The first-order valence-electron chi connectivity index (χ1n) is 10.7. The van der Waals surface area contributed by atoms with Crippen molar-refractivity contribution >= 4 is 17.5 Å². The van der Waals surface area contributed by atoms with Crippen molar-refractivity contribution in [1.82, 2.24) is 9.80 Å². The fourth-order valence-corrected chi connectivity index (χ4v) is 5.11. The lowest BCUT2D eigenvalue weighted by atomic mass is 9.74. The Kier molecular flexibility index (Phi) is 5.43. The predicted octanol–water partition coefficient (Wildman–Crippen LogP) is 1.84. The number of para-hydroxylation sites is 1. The van der Waals surface area contributed by atoms with Crippen LogP contribution in [0.5, 0.6) is 0 Å². The molecule has 28 heavy (non-hydrogen) atoms. The van der Waals surface area contributed by atoms with Gasteiger partial charge in [0, 0.05) is 44.0 Å². The number of hydrogen-bond donors (Lipinski definition) is 1. The van der Waals surface area contributed by atoms with Gasteiger partial charge in [0.25, 0.3) is 0 Å². The monoisotopic (exact) mass is 384 g/mol. The molecule has 3 fully saturated rings. The molecule has 1 saturated carbocycles. The molecular weight excluding hydrogens is 352 g/mol. The Morgan fingerprint density at radius 2 is 1.75 bits per heavy atom. The number of nitrogens with zero attached hydrogens (tertiary/aromatic N) is 3. The van der Waals surface area contributed by atoms with Crippen LogP contribution in [0.3, 0.4) is 0 Å². The number of nitrogens with two attached hydrogens (primary N) is 1. The van der Waals surface area contributed by atoms with Crippen molar-refractivity contribution in [3.63, 3.8) is 0 Å². The van der Waals surface area contributed by atoms with E-state index in [1.54, 1.807) is 0 Å². The Labute approximate surface area is 167 Å². The molecule has 0 aromatic heterocycles. The minimum atomic E-state index is -0.385. The number of hydrogen-bond acceptors (Lipinski definition) is 4. The first-order chi connectivity index (χ1) is 13.5. The van der Waals surface area contributed by atoms with E-state index in [0.29, 0.717) is 13.1 Å². The Bertz CT molecular complexity index is 713. The van der Waals surface area contributed by atoms with Gasteiger partial charge in [-0.1, -0.05) is 31.0 Å². The van der Waals surface area contributed by atoms with Gasteiger partial charge in [0.2, 0.25) is 11.8 Å². The molecule has 2 N–H and O–H groups in total. The lowest BCUT2D eigenvalue weighted by molar-refractivity contribution is -0.141. The van der Waals surface area contributed by atoms with Crippen molar-refractivity contribution in [2.75, 3.05) is 37.6 Å². The molecule has 1 aliphatic carbocycles. The summed E-state index contributed by atoms with van der Waals surface area (Å²) < 4.78 is 0. The molecule has 2 amide bonds. The Morgan fingerprint density at radius 1 is 1.04 bits per heavy atom. The molecule has 3 unspecified atom stereocenters. The molecule has 2 heterocycles.